The molecule has 0 spiro atoms. The standard InChI is InChI=1S/C15H29N3/c1-5-8-16-15(9-13(4)6-2)10-14-11-17-18(7-3)12-14/h11-13,15-16H,5-10H2,1-4H3. The molecular formula is C15H29N3. The van der Waals surface area contributed by atoms with Crippen molar-refractivity contribution in [1.29, 1.82) is 0 Å². The van der Waals surface area contributed by atoms with E-state index < -0.39 is 0 Å². The molecule has 0 aromatic carbocycles. The molecule has 0 aliphatic carbocycles. The summed E-state index contributed by atoms with van der Waals surface area (Å²) < 4.78 is 2.01. The Bertz CT molecular complexity index is 319. The Labute approximate surface area is 112 Å². The van der Waals surface area contributed by atoms with Crippen molar-refractivity contribution in [2.75, 3.05) is 6.54 Å². The fraction of sp³-hybridized carbons (Fsp3) is 0.800. The summed E-state index contributed by atoms with van der Waals surface area (Å²) in [5.41, 5.74) is 1.36. The van der Waals surface area contributed by atoms with Crippen molar-refractivity contribution in [3.63, 3.8) is 0 Å². The van der Waals surface area contributed by atoms with Crippen LogP contribution in [0, 0.1) is 5.92 Å². The first-order valence-corrected chi connectivity index (χ1v) is 7.44. The zero-order chi connectivity index (χ0) is 13.4. The summed E-state index contributed by atoms with van der Waals surface area (Å²) in [7, 11) is 0. The average Bonchev–Trinajstić information content (AvgIpc) is 2.83. The monoisotopic (exact) mass is 251 g/mol. The molecule has 1 rings (SSSR count). The van der Waals surface area contributed by atoms with Crippen LogP contribution in [0.15, 0.2) is 12.4 Å². The zero-order valence-electron chi connectivity index (χ0n) is 12.4. The van der Waals surface area contributed by atoms with Crippen molar-refractivity contribution >= 4 is 0 Å². The van der Waals surface area contributed by atoms with E-state index in [4.69, 9.17) is 0 Å². The van der Waals surface area contributed by atoms with Crippen LogP contribution in [0.3, 0.4) is 0 Å². The minimum atomic E-state index is 0.592. The third-order valence-electron chi connectivity index (χ3n) is 3.56. The second kappa shape index (κ2) is 8.30. The molecule has 0 amide bonds. The van der Waals surface area contributed by atoms with E-state index in [9.17, 15) is 0 Å². The maximum atomic E-state index is 4.36. The Morgan fingerprint density at radius 1 is 1.33 bits per heavy atom. The molecule has 1 N–H and O–H groups in total. The molecule has 1 heterocycles. The largest absolute Gasteiger partial charge is 0.314 e. The van der Waals surface area contributed by atoms with Crippen molar-refractivity contribution in [2.45, 2.75) is 66.0 Å². The van der Waals surface area contributed by atoms with Gasteiger partial charge < -0.3 is 5.32 Å². The van der Waals surface area contributed by atoms with Crippen molar-refractivity contribution in [2.24, 2.45) is 5.92 Å². The van der Waals surface area contributed by atoms with Crippen LogP contribution in [0.25, 0.3) is 0 Å². The fourth-order valence-corrected chi connectivity index (χ4v) is 2.21. The summed E-state index contributed by atoms with van der Waals surface area (Å²) >= 11 is 0. The molecule has 0 bridgehead atoms. The lowest BCUT2D eigenvalue weighted by Crippen LogP contribution is -2.33. The lowest BCUT2D eigenvalue weighted by atomic mass is 9.95. The zero-order valence-corrected chi connectivity index (χ0v) is 12.4. The van der Waals surface area contributed by atoms with Gasteiger partial charge in [0.25, 0.3) is 0 Å². The molecule has 18 heavy (non-hydrogen) atoms. The topological polar surface area (TPSA) is 29.9 Å². The normalized spacial score (nSPS) is 14.7. The van der Waals surface area contributed by atoms with Gasteiger partial charge >= 0.3 is 0 Å². The Morgan fingerprint density at radius 2 is 2.11 bits per heavy atom. The predicted octanol–water partition coefficient (Wildman–Crippen LogP) is 3.25. The molecule has 3 nitrogen and oxygen atoms in total. The second-order valence-corrected chi connectivity index (χ2v) is 5.31. The van der Waals surface area contributed by atoms with Gasteiger partial charge in [0.05, 0.1) is 6.20 Å². The Kier molecular flexibility index (Phi) is 7.02. The van der Waals surface area contributed by atoms with Gasteiger partial charge in [0, 0.05) is 18.8 Å². The maximum absolute atomic E-state index is 4.36. The van der Waals surface area contributed by atoms with Gasteiger partial charge in [-0.15, -0.1) is 0 Å². The molecule has 104 valence electrons. The van der Waals surface area contributed by atoms with E-state index in [0.29, 0.717) is 6.04 Å². The number of rotatable bonds is 9. The van der Waals surface area contributed by atoms with Crippen LogP contribution in [0.1, 0.15) is 52.5 Å². The third-order valence-corrected chi connectivity index (χ3v) is 3.56. The van der Waals surface area contributed by atoms with Crippen LogP contribution in [0.5, 0.6) is 0 Å². The van der Waals surface area contributed by atoms with E-state index in [1.54, 1.807) is 0 Å². The van der Waals surface area contributed by atoms with Crippen LogP contribution in [0.4, 0.5) is 0 Å². The van der Waals surface area contributed by atoms with Crippen LogP contribution in [-0.2, 0) is 13.0 Å². The summed E-state index contributed by atoms with van der Waals surface area (Å²) in [6.45, 7) is 11.0. The van der Waals surface area contributed by atoms with Gasteiger partial charge in [-0.25, -0.2) is 0 Å². The molecule has 1 aromatic heterocycles. The highest BCUT2D eigenvalue weighted by Gasteiger charge is 2.13. The van der Waals surface area contributed by atoms with Gasteiger partial charge in [-0.2, -0.15) is 5.10 Å². The number of hydrogen-bond acceptors (Lipinski definition) is 2. The SMILES string of the molecule is CCCNC(Cc1cnn(CC)c1)CC(C)CC. The first-order chi connectivity index (χ1) is 8.69. The van der Waals surface area contributed by atoms with Crippen LogP contribution in [-0.4, -0.2) is 22.4 Å². The lowest BCUT2D eigenvalue weighted by Gasteiger charge is -2.21. The highest BCUT2D eigenvalue weighted by molar-refractivity contribution is 5.06. The van der Waals surface area contributed by atoms with E-state index in [2.05, 4.69) is 44.3 Å². The Balaban J connectivity index is 2.53. The number of nitrogens with zero attached hydrogens (tertiary/aromatic N) is 2. The minimum Gasteiger partial charge on any atom is -0.314 e. The Morgan fingerprint density at radius 3 is 2.67 bits per heavy atom. The second-order valence-electron chi connectivity index (χ2n) is 5.31. The number of nitrogens with one attached hydrogen (secondary N) is 1. The van der Waals surface area contributed by atoms with Gasteiger partial charge in [-0.1, -0.05) is 27.2 Å². The highest BCUT2D eigenvalue weighted by atomic mass is 15.3. The molecule has 0 aliphatic heterocycles. The van der Waals surface area contributed by atoms with Crippen LogP contribution >= 0.6 is 0 Å². The summed E-state index contributed by atoms with van der Waals surface area (Å²) in [4.78, 5) is 0. The van der Waals surface area contributed by atoms with E-state index in [-0.39, 0.29) is 0 Å². The van der Waals surface area contributed by atoms with Crippen LogP contribution in [0.2, 0.25) is 0 Å². The molecule has 0 radical (unpaired) electrons. The molecular weight excluding hydrogens is 222 g/mol. The molecule has 2 atom stereocenters. The first-order valence-electron chi connectivity index (χ1n) is 7.44. The van der Waals surface area contributed by atoms with Crippen LogP contribution < -0.4 is 5.32 Å². The van der Waals surface area contributed by atoms with Crippen molar-refractivity contribution < 1.29 is 0 Å². The Hall–Kier alpha value is -0.830. The highest BCUT2D eigenvalue weighted by Crippen LogP contribution is 2.14. The van der Waals surface area contributed by atoms with Gasteiger partial charge in [0.1, 0.15) is 0 Å². The van der Waals surface area contributed by atoms with Gasteiger partial charge in [0.15, 0.2) is 0 Å². The summed E-state index contributed by atoms with van der Waals surface area (Å²) in [6.07, 6.45) is 9.01. The molecule has 0 fully saturated rings. The third kappa shape index (κ3) is 5.21. The smallest absolute Gasteiger partial charge is 0.0522 e. The molecule has 3 heteroatoms. The van der Waals surface area contributed by atoms with Gasteiger partial charge in [-0.05, 0) is 44.2 Å². The number of aryl methyl sites for hydroxylation is 1. The van der Waals surface area contributed by atoms with E-state index in [1.165, 1.54) is 24.8 Å². The molecule has 1 aromatic rings. The molecule has 0 aliphatic rings. The summed E-state index contributed by atoms with van der Waals surface area (Å²) in [6, 6.07) is 0.592. The van der Waals surface area contributed by atoms with E-state index in [0.717, 1.165) is 25.4 Å². The fourth-order valence-electron chi connectivity index (χ4n) is 2.21. The first kappa shape index (κ1) is 15.2. The van der Waals surface area contributed by atoms with E-state index >= 15 is 0 Å². The summed E-state index contributed by atoms with van der Waals surface area (Å²) in [5.74, 6) is 0.792. The van der Waals surface area contributed by atoms with Crippen molar-refractivity contribution in [3.05, 3.63) is 18.0 Å². The maximum Gasteiger partial charge on any atom is 0.0522 e. The molecule has 0 saturated carbocycles. The number of aromatic nitrogens is 2. The molecule has 2 unspecified atom stereocenters. The quantitative estimate of drug-likeness (QED) is 0.730. The van der Waals surface area contributed by atoms with Crippen molar-refractivity contribution in [3.8, 4) is 0 Å². The molecule has 0 saturated heterocycles. The summed E-state index contributed by atoms with van der Waals surface area (Å²) in [5, 5.41) is 8.03. The minimum absolute atomic E-state index is 0.592. The lowest BCUT2D eigenvalue weighted by molar-refractivity contribution is 0.391. The van der Waals surface area contributed by atoms with E-state index in [1.807, 2.05) is 10.9 Å². The predicted molar refractivity (Wildman–Crippen MR) is 77.8 cm³/mol. The van der Waals surface area contributed by atoms with Crippen molar-refractivity contribution in [1.82, 2.24) is 15.1 Å². The van der Waals surface area contributed by atoms with Gasteiger partial charge in [-0.3, -0.25) is 4.68 Å². The average molecular weight is 251 g/mol. The van der Waals surface area contributed by atoms with Gasteiger partial charge in [0.2, 0.25) is 0 Å². The number of hydrogen-bond donors (Lipinski definition) is 1.